The molecule has 0 aromatic rings. The van der Waals surface area contributed by atoms with Crippen molar-refractivity contribution in [3.05, 3.63) is 0 Å². The number of rotatable bonds is 0. The van der Waals surface area contributed by atoms with Gasteiger partial charge in [0.2, 0.25) is 0 Å². The molecule has 0 aliphatic carbocycles. The standard InChI is InChI=1S/Li.HO2P.H2O/c;1-3-2;/h;3H;1H2/q+1;;. The summed E-state index contributed by atoms with van der Waals surface area (Å²) in [6.45, 7) is 0. The van der Waals surface area contributed by atoms with Crippen molar-refractivity contribution in [2.24, 2.45) is 0 Å². The molecular weight excluding hydrogens is 85.9 g/mol. The molecule has 1 atom stereocenters. The Hall–Kier alpha value is 0.617. The molecule has 3 nitrogen and oxygen atoms in total. The zero-order valence-electron chi connectivity index (χ0n) is 2.80. The first kappa shape index (κ1) is 17.5. The van der Waals surface area contributed by atoms with Crippen molar-refractivity contribution in [2.45, 2.75) is 0 Å². The maximum absolute atomic E-state index is 8.51. The summed E-state index contributed by atoms with van der Waals surface area (Å²) >= 11 is 0. The van der Waals surface area contributed by atoms with Crippen molar-refractivity contribution in [1.82, 2.24) is 0 Å². The van der Waals surface area contributed by atoms with Crippen LogP contribution in [0.1, 0.15) is 0 Å². The van der Waals surface area contributed by atoms with Gasteiger partial charge in [0, 0.05) is 0 Å². The van der Waals surface area contributed by atoms with E-state index >= 15 is 0 Å². The second kappa shape index (κ2) is 23.1. The fourth-order valence-corrected chi connectivity index (χ4v) is 0. The summed E-state index contributed by atoms with van der Waals surface area (Å²) in [6, 6.07) is 0. The molecular formula is H3LiO3P+. The molecule has 0 saturated carbocycles. The molecule has 0 heterocycles. The monoisotopic (exact) mass is 89.0 g/mol. The van der Waals surface area contributed by atoms with E-state index in [0.29, 0.717) is 0 Å². The van der Waals surface area contributed by atoms with Gasteiger partial charge in [-0.1, -0.05) is 0 Å². The Bertz CT molecular complexity index is 14.4. The third kappa shape index (κ3) is 83.0. The molecule has 0 aliphatic rings. The van der Waals surface area contributed by atoms with Gasteiger partial charge in [0.25, 0.3) is 0 Å². The van der Waals surface area contributed by atoms with Gasteiger partial charge in [-0.05, 0) is 4.57 Å². The summed E-state index contributed by atoms with van der Waals surface area (Å²) in [4.78, 5) is 7.04. The molecule has 0 aliphatic heterocycles. The van der Waals surface area contributed by atoms with E-state index in [0.717, 1.165) is 0 Å². The van der Waals surface area contributed by atoms with Crippen molar-refractivity contribution in [1.29, 1.82) is 0 Å². The molecule has 0 aromatic carbocycles. The first-order valence-electron chi connectivity index (χ1n) is 0.428. The Labute approximate surface area is 43.2 Å². The van der Waals surface area contributed by atoms with Crippen LogP contribution in [0.4, 0.5) is 0 Å². The molecule has 1 unspecified atom stereocenters. The number of hydrogen-bond acceptors (Lipinski definition) is 2. The van der Waals surface area contributed by atoms with E-state index in [1.165, 1.54) is 0 Å². The van der Waals surface area contributed by atoms with Crippen LogP contribution in [0, 0.1) is 0 Å². The molecule has 0 aromatic heterocycles. The van der Waals surface area contributed by atoms with E-state index in [4.69, 9.17) is 9.46 Å². The van der Waals surface area contributed by atoms with Gasteiger partial charge in [0.05, 0.1) is 0 Å². The predicted octanol–water partition coefficient (Wildman–Crippen LogP) is -3.26. The van der Waals surface area contributed by atoms with Gasteiger partial charge in [-0.15, -0.1) is 0 Å². The maximum atomic E-state index is 8.51. The minimum atomic E-state index is -1.17. The third-order valence-electron chi connectivity index (χ3n) is 0. The molecule has 0 fully saturated rings. The van der Waals surface area contributed by atoms with E-state index in [2.05, 4.69) is 0 Å². The molecule has 0 rings (SSSR count). The molecule has 26 valence electrons. The average Bonchev–Trinajstić information content (AvgIpc) is 0.918. The topological polar surface area (TPSA) is 67.3 Å². The van der Waals surface area contributed by atoms with Crippen LogP contribution in [-0.2, 0) is 4.57 Å². The molecule has 5 heteroatoms. The SMILES string of the molecule is O=[PH+]O.[Li+].[OH-]. The molecule has 0 radical (unpaired) electrons. The van der Waals surface area contributed by atoms with Gasteiger partial charge in [-0.25, -0.2) is 0 Å². The summed E-state index contributed by atoms with van der Waals surface area (Å²) in [5.74, 6) is 0. The minimum absolute atomic E-state index is 0. The molecule has 0 spiro atoms. The summed E-state index contributed by atoms with van der Waals surface area (Å²) in [5, 5.41) is 0. The summed E-state index contributed by atoms with van der Waals surface area (Å²) in [7, 11) is -1.17. The zero-order valence-corrected chi connectivity index (χ0v) is 3.80. The van der Waals surface area contributed by atoms with Crippen molar-refractivity contribution < 1.29 is 33.8 Å². The van der Waals surface area contributed by atoms with Gasteiger partial charge < -0.3 is 5.48 Å². The van der Waals surface area contributed by atoms with Crippen LogP contribution in [0.5, 0.6) is 0 Å². The molecule has 0 saturated heterocycles. The van der Waals surface area contributed by atoms with Crippen molar-refractivity contribution in [2.75, 3.05) is 0 Å². The zero-order chi connectivity index (χ0) is 2.71. The van der Waals surface area contributed by atoms with Crippen LogP contribution in [-0.4, -0.2) is 10.4 Å². The van der Waals surface area contributed by atoms with E-state index in [1.807, 2.05) is 0 Å². The second-order valence-electron chi connectivity index (χ2n) is 0.0913. The smallest absolute Gasteiger partial charge is 0.870 e. The Balaban J connectivity index is -0.0000000200. The Morgan fingerprint density at radius 1 is 1.60 bits per heavy atom. The normalized spacial score (nSPS) is 4.20. The van der Waals surface area contributed by atoms with Crippen LogP contribution in [0.25, 0.3) is 0 Å². The summed E-state index contributed by atoms with van der Waals surface area (Å²) in [5.41, 5.74) is 0. The number of hydrogen-bond donors (Lipinski definition) is 1. The first-order valence-corrected chi connectivity index (χ1v) is 1.28. The molecule has 0 bridgehead atoms. The fraction of sp³-hybridized carbons (Fsp3) is 0. The van der Waals surface area contributed by atoms with E-state index in [1.54, 1.807) is 0 Å². The van der Waals surface area contributed by atoms with Crippen LogP contribution >= 0.6 is 8.69 Å². The van der Waals surface area contributed by atoms with Gasteiger partial charge in [0.1, 0.15) is 0 Å². The average molecular weight is 88.9 g/mol. The van der Waals surface area contributed by atoms with E-state index in [9.17, 15) is 0 Å². The van der Waals surface area contributed by atoms with Gasteiger partial charge in [-0.3, -0.25) is 0 Å². The largest absolute Gasteiger partial charge is 1.00 e. The van der Waals surface area contributed by atoms with Crippen molar-refractivity contribution in [3.63, 3.8) is 0 Å². The Kier molecular flexibility index (Phi) is 80.8. The summed E-state index contributed by atoms with van der Waals surface area (Å²) < 4.78 is 8.51. The van der Waals surface area contributed by atoms with Gasteiger partial charge in [0.15, 0.2) is 0 Å². The van der Waals surface area contributed by atoms with Crippen LogP contribution in [0.3, 0.4) is 0 Å². The molecule has 0 amide bonds. The Morgan fingerprint density at radius 3 is 1.60 bits per heavy atom. The van der Waals surface area contributed by atoms with E-state index < -0.39 is 8.69 Å². The summed E-state index contributed by atoms with van der Waals surface area (Å²) in [6.07, 6.45) is 0. The molecule has 2 N–H and O–H groups in total. The van der Waals surface area contributed by atoms with Crippen molar-refractivity contribution >= 4 is 8.69 Å². The predicted molar refractivity (Wildman–Crippen MR) is 13.2 cm³/mol. The Morgan fingerprint density at radius 2 is 1.60 bits per heavy atom. The minimum Gasteiger partial charge on any atom is -0.870 e. The van der Waals surface area contributed by atoms with Crippen LogP contribution in [0.2, 0.25) is 0 Å². The fourth-order valence-electron chi connectivity index (χ4n) is 0. The van der Waals surface area contributed by atoms with Crippen LogP contribution < -0.4 is 18.9 Å². The van der Waals surface area contributed by atoms with Gasteiger partial charge >= 0.3 is 27.5 Å². The quantitative estimate of drug-likeness (QED) is 0.250. The first-order chi connectivity index (χ1) is 1.41. The van der Waals surface area contributed by atoms with Gasteiger partial charge in [-0.2, -0.15) is 4.89 Å². The molecule has 5 heavy (non-hydrogen) atoms. The third-order valence-corrected chi connectivity index (χ3v) is 0. The maximum Gasteiger partial charge on any atom is 1.00 e. The second-order valence-corrected chi connectivity index (χ2v) is 0.274. The van der Waals surface area contributed by atoms with Crippen LogP contribution in [0.15, 0.2) is 0 Å². The van der Waals surface area contributed by atoms with Crippen molar-refractivity contribution in [3.8, 4) is 0 Å². The van der Waals surface area contributed by atoms with E-state index in [-0.39, 0.29) is 24.3 Å².